The first kappa shape index (κ1) is 28.1. The fourth-order valence-corrected chi connectivity index (χ4v) is 3.42. The SMILES string of the molecule is FC(F)(F)CC(SC(CC(F)(F)F)(C(F)(F)F)C(F)(F)F)(C(F)(F)F)C(F)(F)F. The Hall–Kier alpha value is -0.910. The van der Waals surface area contributed by atoms with Crippen molar-refractivity contribution < 1.29 is 79.0 Å². The number of hydrogen-bond donors (Lipinski definition) is 0. The molecule has 0 rings (SSSR count). The second-order valence-electron chi connectivity index (χ2n) is 5.33. The van der Waals surface area contributed by atoms with Gasteiger partial charge in [0.2, 0.25) is 9.49 Å². The van der Waals surface area contributed by atoms with Crippen LogP contribution in [0.5, 0.6) is 0 Å². The van der Waals surface area contributed by atoms with E-state index in [-0.39, 0.29) is 0 Å². The Morgan fingerprint density at radius 1 is 0.345 bits per heavy atom. The number of halogens is 18. The zero-order chi connectivity index (χ0) is 24.1. The predicted octanol–water partition coefficient (Wildman–Crippen LogP) is 7.35. The van der Waals surface area contributed by atoms with E-state index in [0.29, 0.717) is 0 Å². The summed E-state index contributed by atoms with van der Waals surface area (Å²) in [7, 11) is 0. The molecule has 0 aromatic heterocycles. The molecule has 0 N–H and O–H groups in total. The molecule has 0 aliphatic heterocycles. The third-order valence-corrected chi connectivity index (χ3v) is 4.99. The van der Waals surface area contributed by atoms with Gasteiger partial charge in [-0.15, -0.1) is 11.8 Å². The Morgan fingerprint density at radius 2 is 0.517 bits per heavy atom. The van der Waals surface area contributed by atoms with E-state index < -0.39 is 71.2 Å². The molecule has 0 fully saturated rings. The molecule has 0 unspecified atom stereocenters. The summed E-state index contributed by atoms with van der Waals surface area (Å²) in [6.45, 7) is 0. The first-order chi connectivity index (χ1) is 12.1. The van der Waals surface area contributed by atoms with Gasteiger partial charge >= 0.3 is 37.1 Å². The number of alkyl halides is 18. The maximum Gasteiger partial charge on any atom is 0.412 e. The third kappa shape index (κ3) is 6.05. The normalized spacial score (nSPS) is 16.3. The van der Waals surface area contributed by atoms with Gasteiger partial charge in [-0.3, -0.25) is 0 Å². The van der Waals surface area contributed by atoms with E-state index in [1.165, 1.54) is 0 Å². The molecule has 19 heteroatoms. The van der Waals surface area contributed by atoms with Crippen molar-refractivity contribution in [1.82, 2.24) is 0 Å². The summed E-state index contributed by atoms with van der Waals surface area (Å²) in [5.74, 6) is 0. The molecule has 0 saturated carbocycles. The summed E-state index contributed by atoms with van der Waals surface area (Å²) in [5, 5.41) is 0. The smallest absolute Gasteiger partial charge is 0.171 e. The van der Waals surface area contributed by atoms with Crippen molar-refractivity contribution in [1.29, 1.82) is 0 Å². The summed E-state index contributed by atoms with van der Waals surface area (Å²) < 4.78 is 215. The molecule has 0 atom stereocenters. The molecule has 0 radical (unpaired) electrons. The largest absolute Gasteiger partial charge is 0.412 e. The van der Waals surface area contributed by atoms with Gasteiger partial charge in [0.25, 0.3) is 0 Å². The summed E-state index contributed by atoms with van der Waals surface area (Å²) in [4.78, 5) is 0. The molecular weight excluding hydrogens is 494 g/mol. The van der Waals surface area contributed by atoms with Crippen LogP contribution in [0.15, 0.2) is 0 Å². The number of hydrogen-bond acceptors (Lipinski definition) is 1. The lowest BCUT2D eigenvalue weighted by atomic mass is 10.0. The van der Waals surface area contributed by atoms with Crippen LogP contribution in [-0.2, 0) is 0 Å². The highest BCUT2D eigenvalue weighted by atomic mass is 32.2. The van der Waals surface area contributed by atoms with Gasteiger partial charge in [-0.1, -0.05) is 0 Å². The highest BCUT2D eigenvalue weighted by Gasteiger charge is 2.83. The first-order valence-electron chi connectivity index (χ1n) is 6.22. The summed E-state index contributed by atoms with van der Waals surface area (Å²) in [6.07, 6.45) is -52.3. The van der Waals surface area contributed by atoms with Gasteiger partial charge < -0.3 is 0 Å². The van der Waals surface area contributed by atoms with Crippen LogP contribution >= 0.6 is 11.8 Å². The zero-order valence-electron chi connectivity index (χ0n) is 12.6. The van der Waals surface area contributed by atoms with Crippen LogP contribution in [0.3, 0.4) is 0 Å². The van der Waals surface area contributed by atoms with Crippen LogP contribution in [0.25, 0.3) is 0 Å². The van der Waals surface area contributed by atoms with Crippen molar-refractivity contribution >= 4 is 11.8 Å². The van der Waals surface area contributed by atoms with Crippen molar-refractivity contribution in [3.8, 4) is 0 Å². The van der Waals surface area contributed by atoms with Gasteiger partial charge in [0.15, 0.2) is 0 Å². The fraction of sp³-hybridized carbons (Fsp3) is 1.00. The van der Waals surface area contributed by atoms with E-state index in [1.54, 1.807) is 0 Å². The maximum atomic E-state index is 12.9. The standard InChI is InChI=1S/C10H4F18S/c11-5(12,13)1-3(7(17,18)19,8(20,21)22)29-4(9(23,24)25,10(26,27)28)2-6(14,15)16/h1-2H2. The Labute approximate surface area is 151 Å². The fourth-order valence-electron chi connectivity index (χ4n) is 1.89. The molecule has 0 aliphatic carbocycles. The Balaban J connectivity index is 7.24. The second-order valence-corrected chi connectivity index (χ2v) is 6.93. The van der Waals surface area contributed by atoms with Crippen LogP contribution in [0, 0.1) is 0 Å². The van der Waals surface area contributed by atoms with Gasteiger partial charge in [-0.25, -0.2) is 0 Å². The van der Waals surface area contributed by atoms with E-state index in [9.17, 15) is 79.0 Å². The summed E-state index contributed by atoms with van der Waals surface area (Å²) >= 11 is -3.57. The van der Waals surface area contributed by atoms with Gasteiger partial charge in [-0.05, 0) is 0 Å². The topological polar surface area (TPSA) is 0 Å². The average Bonchev–Trinajstić information content (AvgIpc) is 2.27. The molecule has 0 nitrogen and oxygen atoms in total. The molecule has 0 saturated heterocycles. The van der Waals surface area contributed by atoms with E-state index >= 15 is 0 Å². The second kappa shape index (κ2) is 7.35. The molecule has 0 aromatic carbocycles. The Bertz CT molecular complexity index is 472. The number of rotatable bonds is 4. The average molecular weight is 498 g/mol. The predicted molar refractivity (Wildman–Crippen MR) is 58.6 cm³/mol. The van der Waals surface area contributed by atoms with Crippen LogP contribution in [-0.4, -0.2) is 46.6 Å². The zero-order valence-corrected chi connectivity index (χ0v) is 13.4. The molecule has 0 heterocycles. The highest BCUT2D eigenvalue weighted by Crippen LogP contribution is 2.67. The van der Waals surface area contributed by atoms with Gasteiger partial charge in [-0.2, -0.15) is 79.0 Å². The van der Waals surface area contributed by atoms with Crippen LogP contribution < -0.4 is 0 Å². The van der Waals surface area contributed by atoms with E-state index in [1.807, 2.05) is 0 Å². The van der Waals surface area contributed by atoms with E-state index in [0.717, 1.165) is 0 Å². The van der Waals surface area contributed by atoms with Gasteiger partial charge in [0.1, 0.15) is 0 Å². The minimum Gasteiger partial charge on any atom is -0.171 e. The molecule has 29 heavy (non-hydrogen) atoms. The van der Waals surface area contributed by atoms with E-state index in [2.05, 4.69) is 0 Å². The minimum absolute atomic E-state index is 3.57. The lowest BCUT2D eigenvalue weighted by molar-refractivity contribution is -0.302. The number of thioether (sulfide) groups is 1. The molecule has 0 aliphatic rings. The third-order valence-electron chi connectivity index (χ3n) is 3.08. The summed E-state index contributed by atoms with van der Waals surface area (Å²) in [5.41, 5.74) is 0. The van der Waals surface area contributed by atoms with Crippen molar-refractivity contribution in [3.63, 3.8) is 0 Å². The lowest BCUT2D eigenvalue weighted by Crippen LogP contribution is -2.65. The monoisotopic (exact) mass is 498 g/mol. The molecule has 0 bridgehead atoms. The minimum atomic E-state index is -7.53. The van der Waals surface area contributed by atoms with E-state index in [4.69, 9.17) is 0 Å². The Morgan fingerprint density at radius 3 is 0.621 bits per heavy atom. The van der Waals surface area contributed by atoms with Gasteiger partial charge in [0.05, 0.1) is 12.8 Å². The van der Waals surface area contributed by atoms with Crippen LogP contribution in [0.4, 0.5) is 79.0 Å². The van der Waals surface area contributed by atoms with Crippen molar-refractivity contribution in [3.05, 3.63) is 0 Å². The van der Waals surface area contributed by atoms with Crippen molar-refractivity contribution in [2.24, 2.45) is 0 Å². The molecule has 0 amide bonds. The molecular formula is C10H4F18S. The lowest BCUT2D eigenvalue weighted by Gasteiger charge is -2.45. The maximum absolute atomic E-state index is 12.9. The van der Waals surface area contributed by atoms with Crippen molar-refractivity contribution in [2.45, 2.75) is 59.4 Å². The van der Waals surface area contributed by atoms with Crippen LogP contribution in [0.1, 0.15) is 12.8 Å². The van der Waals surface area contributed by atoms with Crippen LogP contribution in [0.2, 0.25) is 0 Å². The summed E-state index contributed by atoms with van der Waals surface area (Å²) in [6, 6.07) is 0. The Kier molecular flexibility index (Phi) is 7.12. The molecule has 176 valence electrons. The highest BCUT2D eigenvalue weighted by molar-refractivity contribution is 8.02. The molecule has 0 aromatic rings. The first-order valence-corrected chi connectivity index (χ1v) is 7.04. The molecule has 0 spiro atoms. The quantitative estimate of drug-likeness (QED) is 0.366. The van der Waals surface area contributed by atoms with Gasteiger partial charge in [0, 0.05) is 0 Å². The van der Waals surface area contributed by atoms with Crippen molar-refractivity contribution in [2.75, 3.05) is 0 Å².